The highest BCUT2D eigenvalue weighted by Gasteiger charge is 2.05. The van der Waals surface area contributed by atoms with E-state index in [9.17, 15) is 0 Å². The van der Waals surface area contributed by atoms with Crippen LogP contribution < -0.4 is 14.8 Å². The molecule has 5 heteroatoms. The lowest BCUT2D eigenvalue weighted by molar-refractivity contribution is 0.313. The first-order valence-electron chi connectivity index (χ1n) is 8.74. The van der Waals surface area contributed by atoms with Crippen LogP contribution in [0.2, 0.25) is 5.02 Å². The molecule has 0 bridgehead atoms. The van der Waals surface area contributed by atoms with Crippen molar-refractivity contribution in [3.8, 4) is 11.5 Å². The van der Waals surface area contributed by atoms with Crippen LogP contribution in [0.1, 0.15) is 5.56 Å². The molecule has 0 aromatic heterocycles. The van der Waals surface area contributed by atoms with Crippen LogP contribution in [0.5, 0.6) is 11.5 Å². The van der Waals surface area contributed by atoms with Crippen molar-refractivity contribution in [2.75, 3.05) is 20.3 Å². The van der Waals surface area contributed by atoms with Crippen molar-refractivity contribution in [3.63, 3.8) is 0 Å². The molecule has 0 spiro atoms. The Balaban J connectivity index is 1.52. The van der Waals surface area contributed by atoms with Gasteiger partial charge >= 0.3 is 0 Å². The standard InChI is InChI=1S/C22H22ClNO2S/c1-25-18-8-6-9-19(15-18)27-22-12-5-2-7-17(22)16-24-13-14-26-21-11-4-3-10-20(21)23/h2-12,15,24H,13-14,16H2,1H3. The van der Waals surface area contributed by atoms with Crippen molar-refractivity contribution in [2.24, 2.45) is 0 Å². The van der Waals surface area contributed by atoms with Crippen molar-refractivity contribution in [1.82, 2.24) is 5.32 Å². The molecule has 3 aromatic carbocycles. The summed E-state index contributed by atoms with van der Waals surface area (Å²) in [6.07, 6.45) is 0. The van der Waals surface area contributed by atoms with Gasteiger partial charge in [0, 0.05) is 22.9 Å². The van der Waals surface area contributed by atoms with Gasteiger partial charge in [-0.05, 0) is 42.0 Å². The fourth-order valence-corrected chi connectivity index (χ4v) is 3.74. The first-order chi connectivity index (χ1) is 13.3. The third kappa shape index (κ3) is 5.93. The van der Waals surface area contributed by atoms with Crippen molar-refractivity contribution in [3.05, 3.63) is 83.4 Å². The summed E-state index contributed by atoms with van der Waals surface area (Å²) in [4.78, 5) is 2.38. The third-order valence-electron chi connectivity index (χ3n) is 3.93. The van der Waals surface area contributed by atoms with Gasteiger partial charge in [0.05, 0.1) is 12.1 Å². The lowest BCUT2D eigenvalue weighted by Gasteiger charge is -2.12. The Kier molecular flexibility index (Phi) is 7.45. The van der Waals surface area contributed by atoms with E-state index in [4.69, 9.17) is 21.1 Å². The van der Waals surface area contributed by atoms with Crippen LogP contribution in [0.25, 0.3) is 0 Å². The minimum atomic E-state index is 0.564. The highest BCUT2D eigenvalue weighted by molar-refractivity contribution is 7.99. The van der Waals surface area contributed by atoms with E-state index in [0.717, 1.165) is 29.5 Å². The van der Waals surface area contributed by atoms with Gasteiger partial charge in [-0.15, -0.1) is 0 Å². The van der Waals surface area contributed by atoms with Crippen LogP contribution in [-0.2, 0) is 6.54 Å². The fraction of sp³-hybridized carbons (Fsp3) is 0.182. The van der Waals surface area contributed by atoms with E-state index in [1.54, 1.807) is 18.9 Å². The second-order valence-electron chi connectivity index (χ2n) is 5.84. The summed E-state index contributed by atoms with van der Waals surface area (Å²) in [5, 5.41) is 4.07. The number of hydrogen-bond donors (Lipinski definition) is 1. The van der Waals surface area contributed by atoms with Gasteiger partial charge in [0.25, 0.3) is 0 Å². The molecule has 0 saturated heterocycles. The molecule has 3 nitrogen and oxygen atoms in total. The molecule has 27 heavy (non-hydrogen) atoms. The molecule has 0 heterocycles. The van der Waals surface area contributed by atoms with Crippen molar-refractivity contribution >= 4 is 23.4 Å². The van der Waals surface area contributed by atoms with E-state index in [1.165, 1.54) is 10.5 Å². The zero-order valence-electron chi connectivity index (χ0n) is 15.2. The molecule has 3 aromatic rings. The molecule has 0 aliphatic carbocycles. The smallest absolute Gasteiger partial charge is 0.137 e. The molecule has 0 unspecified atom stereocenters. The van der Waals surface area contributed by atoms with E-state index in [0.29, 0.717) is 11.6 Å². The maximum absolute atomic E-state index is 6.10. The van der Waals surface area contributed by atoms with Crippen LogP contribution in [0.3, 0.4) is 0 Å². The topological polar surface area (TPSA) is 30.5 Å². The summed E-state index contributed by atoms with van der Waals surface area (Å²) in [5.74, 6) is 1.59. The molecular formula is C22H22ClNO2S. The number of methoxy groups -OCH3 is 1. The van der Waals surface area contributed by atoms with E-state index < -0.39 is 0 Å². The molecule has 0 saturated carbocycles. The van der Waals surface area contributed by atoms with Gasteiger partial charge in [0.15, 0.2) is 0 Å². The predicted molar refractivity (Wildman–Crippen MR) is 112 cm³/mol. The van der Waals surface area contributed by atoms with Gasteiger partial charge in [0.1, 0.15) is 18.1 Å². The highest BCUT2D eigenvalue weighted by atomic mass is 35.5. The normalized spacial score (nSPS) is 10.6. The molecule has 0 amide bonds. The van der Waals surface area contributed by atoms with E-state index in [-0.39, 0.29) is 0 Å². The number of rotatable bonds is 9. The first-order valence-corrected chi connectivity index (χ1v) is 9.93. The second kappa shape index (κ2) is 10.3. The van der Waals surface area contributed by atoms with Gasteiger partial charge < -0.3 is 14.8 Å². The van der Waals surface area contributed by atoms with Crippen molar-refractivity contribution < 1.29 is 9.47 Å². The highest BCUT2D eigenvalue weighted by Crippen LogP contribution is 2.32. The van der Waals surface area contributed by atoms with Crippen LogP contribution >= 0.6 is 23.4 Å². The fourth-order valence-electron chi connectivity index (χ4n) is 2.56. The quantitative estimate of drug-likeness (QED) is 0.470. The van der Waals surface area contributed by atoms with Crippen LogP contribution in [-0.4, -0.2) is 20.3 Å². The predicted octanol–water partition coefficient (Wildman–Crippen LogP) is 5.67. The number of halogens is 1. The summed E-state index contributed by atoms with van der Waals surface area (Å²) in [5.41, 5.74) is 1.25. The van der Waals surface area contributed by atoms with Crippen molar-refractivity contribution in [1.29, 1.82) is 0 Å². The number of benzene rings is 3. The monoisotopic (exact) mass is 399 g/mol. The largest absolute Gasteiger partial charge is 0.497 e. The molecule has 0 radical (unpaired) electrons. The number of para-hydroxylation sites is 1. The van der Waals surface area contributed by atoms with E-state index in [1.807, 2.05) is 42.5 Å². The Morgan fingerprint density at radius 3 is 2.63 bits per heavy atom. The zero-order valence-corrected chi connectivity index (χ0v) is 16.7. The summed E-state index contributed by atoms with van der Waals surface area (Å²) in [7, 11) is 1.69. The average Bonchev–Trinajstić information content (AvgIpc) is 2.70. The van der Waals surface area contributed by atoms with E-state index >= 15 is 0 Å². The molecule has 3 rings (SSSR count). The number of nitrogens with one attached hydrogen (secondary N) is 1. The first kappa shape index (κ1) is 19.6. The Hall–Kier alpha value is -2.14. The Labute approximate surface area is 169 Å². The Bertz CT molecular complexity index is 872. The summed E-state index contributed by atoms with van der Waals surface area (Å²) in [6, 6.07) is 24.0. The van der Waals surface area contributed by atoms with Gasteiger partial charge in [-0.3, -0.25) is 0 Å². The van der Waals surface area contributed by atoms with Gasteiger partial charge in [-0.2, -0.15) is 0 Å². The van der Waals surface area contributed by atoms with E-state index in [2.05, 4.69) is 35.6 Å². The Morgan fingerprint density at radius 1 is 0.963 bits per heavy atom. The average molecular weight is 400 g/mol. The molecule has 1 N–H and O–H groups in total. The second-order valence-corrected chi connectivity index (χ2v) is 7.37. The lowest BCUT2D eigenvalue weighted by atomic mass is 10.2. The third-order valence-corrected chi connectivity index (χ3v) is 5.35. The van der Waals surface area contributed by atoms with Gasteiger partial charge in [-0.1, -0.05) is 59.8 Å². The summed E-state index contributed by atoms with van der Waals surface area (Å²) in [6.45, 7) is 2.08. The maximum atomic E-state index is 6.10. The van der Waals surface area contributed by atoms with Crippen LogP contribution in [0.4, 0.5) is 0 Å². The lowest BCUT2D eigenvalue weighted by Crippen LogP contribution is -2.21. The molecule has 0 aliphatic heterocycles. The summed E-state index contributed by atoms with van der Waals surface area (Å²) < 4.78 is 11.0. The van der Waals surface area contributed by atoms with Crippen LogP contribution in [0, 0.1) is 0 Å². The van der Waals surface area contributed by atoms with Crippen molar-refractivity contribution in [2.45, 2.75) is 16.3 Å². The van der Waals surface area contributed by atoms with Crippen LogP contribution in [0.15, 0.2) is 82.6 Å². The number of ether oxygens (including phenoxy) is 2. The molecule has 0 atom stereocenters. The molecule has 140 valence electrons. The van der Waals surface area contributed by atoms with Gasteiger partial charge in [0.2, 0.25) is 0 Å². The SMILES string of the molecule is COc1cccc(Sc2ccccc2CNCCOc2ccccc2Cl)c1. The minimum absolute atomic E-state index is 0.564. The maximum Gasteiger partial charge on any atom is 0.137 e. The molecule has 0 aliphatic rings. The zero-order chi connectivity index (χ0) is 18.9. The molecular weight excluding hydrogens is 378 g/mol. The number of hydrogen-bond acceptors (Lipinski definition) is 4. The van der Waals surface area contributed by atoms with Gasteiger partial charge in [-0.25, -0.2) is 0 Å². The minimum Gasteiger partial charge on any atom is -0.497 e. The molecule has 0 fully saturated rings. The Morgan fingerprint density at radius 2 is 1.78 bits per heavy atom. The summed E-state index contributed by atoms with van der Waals surface area (Å²) >= 11 is 7.83.